The van der Waals surface area contributed by atoms with Crippen molar-refractivity contribution in [1.82, 2.24) is 4.98 Å². The molecule has 180 valence electrons. The number of Topliss-reactive ketones (excluding diaryl/α,β-unsaturated/α-hetero) is 1. The van der Waals surface area contributed by atoms with Gasteiger partial charge in [0.15, 0.2) is 0 Å². The number of ether oxygens (including phenoxy) is 1. The molecule has 2 heterocycles. The highest BCUT2D eigenvalue weighted by atomic mass is 16.5. The van der Waals surface area contributed by atoms with Crippen LogP contribution in [-0.2, 0) is 9.59 Å². The quantitative estimate of drug-likeness (QED) is 0.192. The molecule has 1 aliphatic rings. The normalized spacial score (nSPS) is 17.1. The number of amides is 1. The van der Waals surface area contributed by atoms with Crippen molar-refractivity contribution >= 4 is 23.1 Å². The molecule has 1 aromatic heterocycles. The van der Waals surface area contributed by atoms with Crippen LogP contribution in [0.4, 0.5) is 5.69 Å². The minimum Gasteiger partial charge on any atom is -0.507 e. The van der Waals surface area contributed by atoms with E-state index in [9.17, 15) is 14.7 Å². The van der Waals surface area contributed by atoms with Gasteiger partial charge in [0.2, 0.25) is 0 Å². The van der Waals surface area contributed by atoms with E-state index >= 15 is 0 Å². The lowest BCUT2D eigenvalue weighted by Crippen LogP contribution is -2.30. The second kappa shape index (κ2) is 10.6. The van der Waals surface area contributed by atoms with Crippen LogP contribution in [0.2, 0.25) is 0 Å². The topological polar surface area (TPSA) is 79.7 Å². The molecule has 0 saturated carbocycles. The van der Waals surface area contributed by atoms with Gasteiger partial charge in [-0.1, -0.05) is 31.9 Å². The van der Waals surface area contributed by atoms with Gasteiger partial charge in [0.05, 0.1) is 18.2 Å². The molecule has 1 atom stereocenters. The SMILES string of the molecule is CCCCCOc1ccc(/C(O)=C2\C(=O)C(=O)N(c3cccc(C)c3C)C2c2ccncc2)cc1. The van der Waals surface area contributed by atoms with Crippen LogP contribution in [-0.4, -0.2) is 28.4 Å². The van der Waals surface area contributed by atoms with Gasteiger partial charge in [-0.25, -0.2) is 0 Å². The summed E-state index contributed by atoms with van der Waals surface area (Å²) >= 11 is 0. The summed E-state index contributed by atoms with van der Waals surface area (Å²) in [4.78, 5) is 32.2. The molecular weight excluding hydrogens is 440 g/mol. The third-order valence-corrected chi connectivity index (χ3v) is 6.45. The first-order chi connectivity index (χ1) is 16.9. The number of unbranched alkanes of at least 4 members (excludes halogenated alkanes) is 2. The molecule has 3 aromatic rings. The van der Waals surface area contributed by atoms with Crippen LogP contribution in [0.25, 0.3) is 5.76 Å². The number of anilines is 1. The number of benzene rings is 2. The maximum atomic E-state index is 13.3. The highest BCUT2D eigenvalue weighted by Gasteiger charge is 2.47. The van der Waals surface area contributed by atoms with E-state index in [1.165, 1.54) is 4.90 Å². The van der Waals surface area contributed by atoms with Crippen molar-refractivity contribution in [3.63, 3.8) is 0 Å². The molecular formula is C29H30N2O4. The van der Waals surface area contributed by atoms with Crippen LogP contribution in [0.5, 0.6) is 5.75 Å². The highest BCUT2D eigenvalue weighted by molar-refractivity contribution is 6.51. The monoisotopic (exact) mass is 470 g/mol. The minimum atomic E-state index is -0.775. The molecule has 2 aromatic carbocycles. The number of aryl methyl sites for hydroxylation is 1. The molecule has 35 heavy (non-hydrogen) atoms. The van der Waals surface area contributed by atoms with E-state index in [1.807, 2.05) is 32.0 Å². The second-order valence-electron chi connectivity index (χ2n) is 8.75. The van der Waals surface area contributed by atoms with Crippen molar-refractivity contribution < 1.29 is 19.4 Å². The average Bonchev–Trinajstić information content (AvgIpc) is 3.14. The van der Waals surface area contributed by atoms with E-state index in [-0.39, 0.29) is 11.3 Å². The Morgan fingerprint density at radius 2 is 1.71 bits per heavy atom. The van der Waals surface area contributed by atoms with Crippen molar-refractivity contribution in [2.45, 2.75) is 46.1 Å². The van der Waals surface area contributed by atoms with Crippen LogP contribution in [0.3, 0.4) is 0 Å². The Hall–Kier alpha value is -3.93. The molecule has 4 rings (SSSR count). The zero-order valence-electron chi connectivity index (χ0n) is 20.3. The first kappa shape index (κ1) is 24.2. The number of aliphatic hydroxyl groups excluding tert-OH is 1. The third-order valence-electron chi connectivity index (χ3n) is 6.45. The van der Waals surface area contributed by atoms with Crippen LogP contribution in [0, 0.1) is 13.8 Å². The molecule has 0 bridgehead atoms. The molecule has 1 amide bonds. The van der Waals surface area contributed by atoms with Gasteiger partial charge in [0.25, 0.3) is 11.7 Å². The largest absolute Gasteiger partial charge is 0.507 e. The molecule has 1 saturated heterocycles. The Balaban J connectivity index is 1.77. The van der Waals surface area contributed by atoms with Crippen LogP contribution in [0.1, 0.15) is 54.5 Å². The van der Waals surface area contributed by atoms with Gasteiger partial charge in [0, 0.05) is 23.6 Å². The fourth-order valence-electron chi connectivity index (χ4n) is 4.35. The summed E-state index contributed by atoms with van der Waals surface area (Å²) in [6.45, 7) is 6.65. The number of hydrogen-bond acceptors (Lipinski definition) is 5. The number of aromatic nitrogens is 1. The lowest BCUT2D eigenvalue weighted by molar-refractivity contribution is -0.132. The summed E-state index contributed by atoms with van der Waals surface area (Å²) < 4.78 is 5.76. The van der Waals surface area contributed by atoms with Crippen molar-refractivity contribution in [2.24, 2.45) is 0 Å². The van der Waals surface area contributed by atoms with Gasteiger partial charge in [0.1, 0.15) is 11.5 Å². The second-order valence-corrected chi connectivity index (χ2v) is 8.75. The van der Waals surface area contributed by atoms with Gasteiger partial charge in [-0.15, -0.1) is 0 Å². The molecule has 1 N–H and O–H groups in total. The molecule has 6 nitrogen and oxygen atoms in total. The number of rotatable bonds is 8. The Bertz CT molecular complexity index is 1250. The average molecular weight is 471 g/mol. The number of ketones is 1. The number of hydrogen-bond donors (Lipinski definition) is 1. The predicted molar refractivity (Wildman–Crippen MR) is 136 cm³/mol. The minimum absolute atomic E-state index is 0.0544. The first-order valence-electron chi connectivity index (χ1n) is 11.9. The lowest BCUT2D eigenvalue weighted by Gasteiger charge is -2.27. The van der Waals surface area contributed by atoms with E-state index < -0.39 is 17.7 Å². The van der Waals surface area contributed by atoms with Crippen molar-refractivity contribution in [3.05, 3.63) is 94.8 Å². The fourth-order valence-corrected chi connectivity index (χ4v) is 4.35. The Kier molecular flexibility index (Phi) is 7.30. The van der Waals surface area contributed by atoms with Gasteiger partial charge >= 0.3 is 0 Å². The van der Waals surface area contributed by atoms with Gasteiger partial charge < -0.3 is 9.84 Å². The van der Waals surface area contributed by atoms with E-state index in [4.69, 9.17) is 4.74 Å². The number of pyridine rings is 1. The van der Waals surface area contributed by atoms with Crippen LogP contribution < -0.4 is 9.64 Å². The Labute approximate surface area is 205 Å². The number of carbonyl (C=O) groups excluding carboxylic acids is 2. The smallest absolute Gasteiger partial charge is 0.300 e. The van der Waals surface area contributed by atoms with E-state index in [0.717, 1.165) is 30.4 Å². The summed E-state index contributed by atoms with van der Waals surface area (Å²) in [6.07, 6.45) is 6.43. The van der Waals surface area contributed by atoms with Crippen LogP contribution >= 0.6 is 0 Å². The van der Waals surface area contributed by atoms with Crippen molar-refractivity contribution in [3.8, 4) is 5.75 Å². The van der Waals surface area contributed by atoms with E-state index in [1.54, 1.807) is 48.8 Å². The Morgan fingerprint density at radius 3 is 2.40 bits per heavy atom. The number of carbonyl (C=O) groups is 2. The zero-order chi connectivity index (χ0) is 24.9. The van der Waals surface area contributed by atoms with Gasteiger partial charge in [-0.2, -0.15) is 0 Å². The maximum Gasteiger partial charge on any atom is 0.300 e. The van der Waals surface area contributed by atoms with E-state index in [2.05, 4.69) is 11.9 Å². The predicted octanol–water partition coefficient (Wildman–Crippen LogP) is 5.89. The summed E-state index contributed by atoms with van der Waals surface area (Å²) in [7, 11) is 0. The lowest BCUT2D eigenvalue weighted by atomic mass is 9.95. The summed E-state index contributed by atoms with van der Waals surface area (Å²) in [5.74, 6) is -0.905. The number of nitrogens with zero attached hydrogens (tertiary/aromatic N) is 2. The standard InChI is InChI=1S/C29H30N2O4/c1-4-5-6-18-35-23-12-10-22(11-13-23)27(32)25-26(21-14-16-30-17-15-21)31(29(34)28(25)33)24-9-7-8-19(2)20(24)3/h7-17,26,32H,4-6,18H2,1-3H3/b27-25+. The zero-order valence-corrected chi connectivity index (χ0v) is 20.3. The molecule has 0 spiro atoms. The molecule has 0 radical (unpaired) electrons. The van der Waals surface area contributed by atoms with Gasteiger partial charge in [-0.3, -0.25) is 19.5 Å². The Morgan fingerprint density at radius 1 is 1.00 bits per heavy atom. The van der Waals surface area contributed by atoms with Crippen LogP contribution in [0.15, 0.2) is 72.6 Å². The number of aliphatic hydroxyl groups is 1. The molecule has 6 heteroatoms. The molecule has 1 aliphatic heterocycles. The molecule has 0 aliphatic carbocycles. The van der Waals surface area contributed by atoms with Crippen molar-refractivity contribution in [2.75, 3.05) is 11.5 Å². The summed E-state index contributed by atoms with van der Waals surface area (Å²) in [5, 5.41) is 11.3. The molecule has 1 unspecified atom stereocenters. The molecule has 1 fully saturated rings. The third kappa shape index (κ3) is 4.83. The first-order valence-corrected chi connectivity index (χ1v) is 11.9. The summed E-state index contributed by atoms with van der Waals surface area (Å²) in [6, 6.07) is 15.3. The van der Waals surface area contributed by atoms with Crippen molar-refractivity contribution in [1.29, 1.82) is 0 Å². The highest BCUT2D eigenvalue weighted by Crippen LogP contribution is 2.43. The fraction of sp³-hybridized carbons (Fsp3) is 0.276. The van der Waals surface area contributed by atoms with E-state index in [0.29, 0.717) is 29.2 Å². The van der Waals surface area contributed by atoms with Gasteiger partial charge in [-0.05, 0) is 79.4 Å². The summed E-state index contributed by atoms with van der Waals surface area (Å²) in [5.41, 5.74) is 3.74. The maximum absolute atomic E-state index is 13.3.